The zero-order valence-corrected chi connectivity index (χ0v) is 6.88. The Labute approximate surface area is 72.0 Å². The Morgan fingerprint density at radius 1 is 1.83 bits per heavy atom. The molecule has 1 heterocycles. The first kappa shape index (κ1) is 9.08. The first-order chi connectivity index (χ1) is 5.65. The maximum absolute atomic E-state index is 12.0. The summed E-state index contributed by atoms with van der Waals surface area (Å²) in [5.74, 6) is 0. The van der Waals surface area contributed by atoms with Gasteiger partial charge >= 0.3 is 5.00 Å². The second-order valence-electron chi connectivity index (χ2n) is 2.24. The Morgan fingerprint density at radius 3 is 2.92 bits per heavy atom. The molecule has 2 N–H and O–H groups in total. The summed E-state index contributed by atoms with van der Waals surface area (Å²) in [7, 11) is 0. The Kier molecular flexibility index (Phi) is 2.72. The summed E-state index contributed by atoms with van der Waals surface area (Å²) in [5.41, 5.74) is 5.80. The van der Waals surface area contributed by atoms with Crippen LogP contribution >= 0.6 is 11.3 Å². The molecule has 0 radical (unpaired) electrons. The highest BCUT2D eigenvalue weighted by atomic mass is 32.1. The molecule has 0 fully saturated rings. The molecular weight excluding hydrogens is 183 g/mol. The van der Waals surface area contributed by atoms with Crippen molar-refractivity contribution in [3.8, 4) is 0 Å². The number of rotatable bonds is 3. The van der Waals surface area contributed by atoms with E-state index in [0.717, 1.165) is 11.3 Å². The van der Waals surface area contributed by atoms with Crippen molar-refractivity contribution in [3.05, 3.63) is 27.1 Å². The summed E-state index contributed by atoms with van der Waals surface area (Å²) < 4.78 is 12.0. The Bertz CT molecular complexity index is 289. The van der Waals surface area contributed by atoms with Gasteiger partial charge < -0.3 is 5.73 Å². The molecule has 1 aromatic rings. The van der Waals surface area contributed by atoms with Gasteiger partial charge in [0.15, 0.2) is 0 Å². The van der Waals surface area contributed by atoms with Crippen molar-refractivity contribution >= 4 is 16.3 Å². The molecule has 6 heteroatoms. The van der Waals surface area contributed by atoms with Gasteiger partial charge in [0.25, 0.3) is 0 Å². The average Bonchev–Trinajstić information content (AvgIpc) is 2.51. The van der Waals surface area contributed by atoms with E-state index in [1.165, 1.54) is 11.4 Å². The first-order valence-electron chi connectivity index (χ1n) is 3.19. The molecule has 0 aliphatic rings. The third-order valence-corrected chi connectivity index (χ3v) is 2.28. The summed E-state index contributed by atoms with van der Waals surface area (Å²) in [5, 5.41) is 11.7. The van der Waals surface area contributed by atoms with Crippen molar-refractivity contribution in [3.63, 3.8) is 0 Å². The lowest BCUT2D eigenvalue weighted by Gasteiger charge is -2.00. The standard InChI is InChI=1S/C6H7FN2O2S/c7-2-5(8)4-1-6(9(10)11)12-3-4/h1,3,5H,2,8H2. The second-order valence-corrected chi connectivity index (χ2v) is 3.13. The van der Waals surface area contributed by atoms with E-state index < -0.39 is 17.6 Å². The van der Waals surface area contributed by atoms with Gasteiger partial charge in [-0.05, 0) is 5.56 Å². The van der Waals surface area contributed by atoms with E-state index in [0.29, 0.717) is 5.56 Å². The molecule has 0 amide bonds. The molecule has 1 rings (SSSR count). The van der Waals surface area contributed by atoms with Crippen LogP contribution in [0.2, 0.25) is 0 Å². The van der Waals surface area contributed by atoms with Gasteiger partial charge in [-0.3, -0.25) is 10.1 Å². The molecule has 0 aliphatic heterocycles. The molecule has 1 unspecified atom stereocenters. The van der Waals surface area contributed by atoms with Gasteiger partial charge in [-0.2, -0.15) is 0 Å². The highest BCUT2D eigenvalue weighted by Crippen LogP contribution is 2.25. The zero-order valence-electron chi connectivity index (χ0n) is 6.07. The van der Waals surface area contributed by atoms with Gasteiger partial charge in [-0.1, -0.05) is 11.3 Å². The van der Waals surface area contributed by atoms with Crippen LogP contribution in [0, 0.1) is 10.1 Å². The fraction of sp³-hybridized carbons (Fsp3) is 0.333. The molecule has 1 aromatic heterocycles. The number of alkyl halides is 1. The lowest BCUT2D eigenvalue weighted by molar-refractivity contribution is -0.380. The Balaban J connectivity index is 2.84. The van der Waals surface area contributed by atoms with Crippen LogP contribution in [0.1, 0.15) is 11.6 Å². The minimum Gasteiger partial charge on any atom is -0.322 e. The molecular formula is C6H7FN2O2S. The lowest BCUT2D eigenvalue weighted by atomic mass is 10.2. The van der Waals surface area contributed by atoms with Crippen molar-refractivity contribution in [1.29, 1.82) is 0 Å². The first-order valence-corrected chi connectivity index (χ1v) is 4.07. The normalized spacial score (nSPS) is 12.8. The van der Waals surface area contributed by atoms with E-state index in [2.05, 4.69) is 0 Å². The van der Waals surface area contributed by atoms with Gasteiger partial charge in [0, 0.05) is 11.4 Å². The molecule has 0 aliphatic carbocycles. The van der Waals surface area contributed by atoms with E-state index >= 15 is 0 Å². The highest BCUT2D eigenvalue weighted by molar-refractivity contribution is 7.13. The van der Waals surface area contributed by atoms with E-state index in [1.54, 1.807) is 0 Å². The number of nitrogens with zero attached hydrogens (tertiary/aromatic N) is 1. The third kappa shape index (κ3) is 1.77. The quantitative estimate of drug-likeness (QED) is 0.581. The third-order valence-electron chi connectivity index (χ3n) is 1.38. The van der Waals surface area contributed by atoms with Crippen LogP contribution in [0.15, 0.2) is 11.4 Å². The minimum absolute atomic E-state index is 0.00565. The molecule has 1 atom stereocenters. The molecule has 0 aromatic carbocycles. The predicted molar refractivity (Wildman–Crippen MR) is 43.9 cm³/mol. The van der Waals surface area contributed by atoms with Crippen LogP contribution in [0.4, 0.5) is 9.39 Å². The fourth-order valence-electron chi connectivity index (χ4n) is 0.718. The van der Waals surface area contributed by atoms with E-state index in [-0.39, 0.29) is 5.00 Å². The lowest BCUT2D eigenvalue weighted by Crippen LogP contribution is -2.10. The number of nitrogens with two attached hydrogens (primary N) is 1. The molecule has 12 heavy (non-hydrogen) atoms. The van der Waals surface area contributed by atoms with Crippen LogP contribution in [-0.2, 0) is 0 Å². The largest absolute Gasteiger partial charge is 0.324 e. The fourth-order valence-corrected chi connectivity index (χ4v) is 1.51. The summed E-state index contributed by atoms with van der Waals surface area (Å²) in [6.45, 7) is -0.701. The minimum atomic E-state index is -0.741. The topological polar surface area (TPSA) is 69.2 Å². The van der Waals surface area contributed by atoms with Crippen LogP contribution in [-0.4, -0.2) is 11.6 Å². The van der Waals surface area contributed by atoms with Crippen molar-refractivity contribution in [1.82, 2.24) is 0 Å². The van der Waals surface area contributed by atoms with Gasteiger partial charge in [0.2, 0.25) is 0 Å². The van der Waals surface area contributed by atoms with Gasteiger partial charge in [-0.25, -0.2) is 4.39 Å². The number of halogens is 1. The van der Waals surface area contributed by atoms with Gasteiger partial charge in [-0.15, -0.1) is 0 Å². The SMILES string of the molecule is NC(CF)c1csc([N+](=O)[O-])c1. The van der Waals surface area contributed by atoms with Crippen molar-refractivity contribution in [2.75, 3.05) is 6.67 Å². The molecule has 0 bridgehead atoms. The van der Waals surface area contributed by atoms with E-state index in [9.17, 15) is 14.5 Å². The smallest absolute Gasteiger partial charge is 0.322 e. The highest BCUT2D eigenvalue weighted by Gasteiger charge is 2.13. The van der Waals surface area contributed by atoms with Crippen molar-refractivity contribution < 1.29 is 9.31 Å². The zero-order chi connectivity index (χ0) is 9.14. The van der Waals surface area contributed by atoms with Crippen LogP contribution in [0.5, 0.6) is 0 Å². The molecule has 0 saturated heterocycles. The van der Waals surface area contributed by atoms with Gasteiger partial charge in [0.05, 0.1) is 11.0 Å². The van der Waals surface area contributed by atoms with Crippen molar-refractivity contribution in [2.45, 2.75) is 6.04 Å². The monoisotopic (exact) mass is 190 g/mol. The average molecular weight is 190 g/mol. The summed E-state index contributed by atoms with van der Waals surface area (Å²) in [6.07, 6.45) is 0. The summed E-state index contributed by atoms with van der Waals surface area (Å²) in [6, 6.07) is 0.560. The maximum atomic E-state index is 12.0. The van der Waals surface area contributed by atoms with Crippen LogP contribution in [0.3, 0.4) is 0 Å². The summed E-state index contributed by atoms with van der Waals surface area (Å²) in [4.78, 5) is 9.69. The van der Waals surface area contributed by atoms with Gasteiger partial charge in [0.1, 0.15) is 6.67 Å². The number of thiophene rings is 1. The Morgan fingerprint density at radius 2 is 2.50 bits per heavy atom. The van der Waals surface area contributed by atoms with E-state index in [1.807, 2.05) is 0 Å². The molecule has 66 valence electrons. The van der Waals surface area contributed by atoms with Crippen molar-refractivity contribution in [2.24, 2.45) is 5.73 Å². The molecule has 0 saturated carbocycles. The van der Waals surface area contributed by atoms with Crippen LogP contribution < -0.4 is 5.73 Å². The van der Waals surface area contributed by atoms with E-state index in [4.69, 9.17) is 5.73 Å². The number of hydrogen-bond acceptors (Lipinski definition) is 4. The molecule has 4 nitrogen and oxygen atoms in total. The maximum Gasteiger partial charge on any atom is 0.324 e. The predicted octanol–water partition coefficient (Wildman–Crippen LogP) is 1.63. The second kappa shape index (κ2) is 3.59. The number of hydrogen-bond donors (Lipinski definition) is 1. The summed E-state index contributed by atoms with van der Waals surface area (Å²) >= 11 is 0.956. The number of nitro groups is 1. The Hall–Kier alpha value is -1.01. The van der Waals surface area contributed by atoms with Crippen LogP contribution in [0.25, 0.3) is 0 Å². The molecule has 0 spiro atoms.